The summed E-state index contributed by atoms with van der Waals surface area (Å²) in [6.07, 6.45) is 5.09. The molecular formula is C16H26N2O. The average molecular weight is 262 g/mol. The van der Waals surface area contributed by atoms with Crippen LogP contribution < -0.4 is 5.32 Å². The van der Waals surface area contributed by atoms with Crippen LogP contribution in [0.1, 0.15) is 38.2 Å². The summed E-state index contributed by atoms with van der Waals surface area (Å²) in [6.45, 7) is 6.81. The van der Waals surface area contributed by atoms with Crippen LogP contribution in [0.15, 0.2) is 24.3 Å². The van der Waals surface area contributed by atoms with Crippen molar-refractivity contribution in [1.29, 1.82) is 0 Å². The molecule has 106 valence electrons. The zero-order valence-electron chi connectivity index (χ0n) is 11.9. The Kier molecular flexibility index (Phi) is 5.67. The zero-order valence-corrected chi connectivity index (χ0v) is 11.9. The molecule has 3 heteroatoms. The number of hydrogen-bond donors (Lipinski definition) is 2. The summed E-state index contributed by atoms with van der Waals surface area (Å²) < 4.78 is 0. The van der Waals surface area contributed by atoms with Gasteiger partial charge >= 0.3 is 0 Å². The average Bonchev–Trinajstić information content (AvgIpc) is 2.44. The highest BCUT2D eigenvalue weighted by Gasteiger charge is 2.17. The van der Waals surface area contributed by atoms with Gasteiger partial charge in [0, 0.05) is 12.6 Å². The number of phenolic OH excluding ortho intramolecular Hbond substituents is 1. The van der Waals surface area contributed by atoms with E-state index in [2.05, 4.69) is 23.2 Å². The number of aromatic hydroxyl groups is 1. The van der Waals surface area contributed by atoms with E-state index in [1.54, 1.807) is 6.07 Å². The Balaban J connectivity index is 1.68. The van der Waals surface area contributed by atoms with Crippen LogP contribution in [0.2, 0.25) is 0 Å². The van der Waals surface area contributed by atoms with Crippen LogP contribution in [0.25, 0.3) is 0 Å². The molecule has 1 fully saturated rings. The lowest BCUT2D eigenvalue weighted by molar-refractivity contribution is 0.195. The van der Waals surface area contributed by atoms with Gasteiger partial charge in [-0.05, 0) is 56.6 Å². The molecule has 1 aliphatic rings. The number of nitrogens with zero attached hydrogens (tertiary/aromatic N) is 1. The Morgan fingerprint density at radius 2 is 2.11 bits per heavy atom. The predicted octanol–water partition coefficient (Wildman–Crippen LogP) is 2.75. The first-order valence-electron chi connectivity index (χ1n) is 7.51. The van der Waals surface area contributed by atoms with Gasteiger partial charge in [-0.2, -0.15) is 0 Å². The first kappa shape index (κ1) is 14.4. The van der Waals surface area contributed by atoms with Gasteiger partial charge in [-0.1, -0.05) is 25.5 Å². The molecule has 3 nitrogen and oxygen atoms in total. The smallest absolute Gasteiger partial charge is 0.115 e. The molecule has 0 aliphatic carbocycles. The van der Waals surface area contributed by atoms with Gasteiger partial charge in [-0.25, -0.2) is 0 Å². The highest BCUT2D eigenvalue weighted by molar-refractivity contribution is 5.26. The maximum atomic E-state index is 9.43. The van der Waals surface area contributed by atoms with E-state index < -0.39 is 0 Å². The van der Waals surface area contributed by atoms with Crippen molar-refractivity contribution in [2.24, 2.45) is 0 Å². The molecule has 0 saturated carbocycles. The molecular weight excluding hydrogens is 236 g/mol. The van der Waals surface area contributed by atoms with Gasteiger partial charge in [-0.15, -0.1) is 0 Å². The van der Waals surface area contributed by atoms with Crippen molar-refractivity contribution in [1.82, 2.24) is 10.2 Å². The summed E-state index contributed by atoms with van der Waals surface area (Å²) >= 11 is 0. The summed E-state index contributed by atoms with van der Waals surface area (Å²) in [5.41, 5.74) is 1.16. The largest absolute Gasteiger partial charge is 0.508 e. The SMILES string of the molecule is CCCCN1CCC(NCc2cccc(O)c2)CC1. The quantitative estimate of drug-likeness (QED) is 0.827. The van der Waals surface area contributed by atoms with Crippen molar-refractivity contribution in [2.45, 2.75) is 45.2 Å². The highest BCUT2D eigenvalue weighted by Crippen LogP contribution is 2.14. The van der Waals surface area contributed by atoms with Crippen molar-refractivity contribution in [2.75, 3.05) is 19.6 Å². The molecule has 1 aromatic rings. The normalized spacial score (nSPS) is 17.7. The van der Waals surface area contributed by atoms with Crippen LogP contribution in [0, 0.1) is 0 Å². The number of rotatable bonds is 6. The summed E-state index contributed by atoms with van der Waals surface area (Å²) in [5, 5.41) is 13.0. The minimum Gasteiger partial charge on any atom is -0.508 e. The number of likely N-dealkylation sites (tertiary alicyclic amines) is 1. The van der Waals surface area contributed by atoms with E-state index in [1.165, 1.54) is 45.3 Å². The molecule has 0 radical (unpaired) electrons. The Morgan fingerprint density at radius 3 is 2.79 bits per heavy atom. The third kappa shape index (κ3) is 4.84. The number of hydrogen-bond acceptors (Lipinski definition) is 3. The topological polar surface area (TPSA) is 35.5 Å². The van der Waals surface area contributed by atoms with Crippen LogP contribution in [0.3, 0.4) is 0 Å². The summed E-state index contributed by atoms with van der Waals surface area (Å²) in [4.78, 5) is 2.58. The molecule has 0 bridgehead atoms. The first-order chi connectivity index (χ1) is 9.28. The molecule has 2 N–H and O–H groups in total. The van der Waals surface area contributed by atoms with Crippen molar-refractivity contribution in [3.05, 3.63) is 29.8 Å². The van der Waals surface area contributed by atoms with Gasteiger partial charge in [0.2, 0.25) is 0 Å². The van der Waals surface area contributed by atoms with Crippen molar-refractivity contribution >= 4 is 0 Å². The molecule has 1 aliphatic heterocycles. The van der Waals surface area contributed by atoms with E-state index in [9.17, 15) is 5.11 Å². The third-order valence-electron chi connectivity index (χ3n) is 3.92. The van der Waals surface area contributed by atoms with Crippen LogP contribution in [0.5, 0.6) is 5.75 Å². The third-order valence-corrected chi connectivity index (χ3v) is 3.92. The fourth-order valence-corrected chi connectivity index (χ4v) is 2.67. The minimum atomic E-state index is 0.355. The van der Waals surface area contributed by atoms with Crippen LogP contribution in [0.4, 0.5) is 0 Å². The van der Waals surface area contributed by atoms with E-state index in [0.717, 1.165) is 12.1 Å². The summed E-state index contributed by atoms with van der Waals surface area (Å²) in [7, 11) is 0. The van der Waals surface area contributed by atoms with E-state index in [0.29, 0.717) is 11.8 Å². The molecule has 1 heterocycles. The first-order valence-corrected chi connectivity index (χ1v) is 7.51. The summed E-state index contributed by atoms with van der Waals surface area (Å²) in [5.74, 6) is 0.355. The maximum absolute atomic E-state index is 9.43. The lowest BCUT2D eigenvalue weighted by Crippen LogP contribution is -2.42. The van der Waals surface area contributed by atoms with Gasteiger partial charge in [0.05, 0.1) is 0 Å². The molecule has 0 unspecified atom stereocenters. The Labute approximate surface area is 116 Å². The fraction of sp³-hybridized carbons (Fsp3) is 0.625. The molecule has 1 saturated heterocycles. The van der Waals surface area contributed by atoms with Crippen LogP contribution in [-0.2, 0) is 6.54 Å². The number of benzene rings is 1. The Hall–Kier alpha value is -1.06. The van der Waals surface area contributed by atoms with Gasteiger partial charge < -0.3 is 15.3 Å². The molecule has 1 aromatic carbocycles. The molecule has 0 atom stereocenters. The minimum absolute atomic E-state index is 0.355. The van der Waals surface area contributed by atoms with Gasteiger partial charge in [0.15, 0.2) is 0 Å². The van der Waals surface area contributed by atoms with Gasteiger partial charge in [0.1, 0.15) is 5.75 Å². The van der Waals surface area contributed by atoms with Gasteiger partial charge in [-0.3, -0.25) is 0 Å². The Bertz CT molecular complexity index is 373. The van der Waals surface area contributed by atoms with E-state index in [-0.39, 0.29) is 0 Å². The number of phenols is 1. The lowest BCUT2D eigenvalue weighted by Gasteiger charge is -2.32. The second-order valence-electron chi connectivity index (χ2n) is 5.52. The van der Waals surface area contributed by atoms with Crippen molar-refractivity contribution in [3.8, 4) is 5.75 Å². The highest BCUT2D eigenvalue weighted by atomic mass is 16.3. The van der Waals surface area contributed by atoms with Crippen LogP contribution in [-0.4, -0.2) is 35.7 Å². The fourth-order valence-electron chi connectivity index (χ4n) is 2.67. The molecule has 0 amide bonds. The van der Waals surface area contributed by atoms with E-state index in [4.69, 9.17) is 0 Å². The Morgan fingerprint density at radius 1 is 1.32 bits per heavy atom. The number of nitrogens with one attached hydrogen (secondary N) is 1. The van der Waals surface area contributed by atoms with E-state index in [1.807, 2.05) is 12.1 Å². The lowest BCUT2D eigenvalue weighted by atomic mass is 10.0. The predicted molar refractivity (Wildman–Crippen MR) is 79.3 cm³/mol. The second kappa shape index (κ2) is 7.51. The van der Waals surface area contributed by atoms with E-state index >= 15 is 0 Å². The molecule has 0 aromatic heterocycles. The molecule has 2 rings (SSSR count). The van der Waals surface area contributed by atoms with Crippen molar-refractivity contribution < 1.29 is 5.11 Å². The second-order valence-corrected chi connectivity index (χ2v) is 5.52. The molecule has 19 heavy (non-hydrogen) atoms. The molecule has 0 spiro atoms. The number of unbranched alkanes of at least 4 members (excludes halogenated alkanes) is 1. The maximum Gasteiger partial charge on any atom is 0.115 e. The van der Waals surface area contributed by atoms with Crippen molar-refractivity contribution in [3.63, 3.8) is 0 Å². The zero-order chi connectivity index (χ0) is 13.5. The van der Waals surface area contributed by atoms with Gasteiger partial charge in [0.25, 0.3) is 0 Å². The summed E-state index contributed by atoms with van der Waals surface area (Å²) in [6, 6.07) is 8.14. The number of piperidine rings is 1. The monoisotopic (exact) mass is 262 g/mol. The standard InChI is InChI=1S/C16H26N2O/c1-2-3-9-18-10-7-15(8-11-18)17-13-14-5-4-6-16(19)12-14/h4-6,12,15,17,19H,2-3,7-11,13H2,1H3. The van der Waals surface area contributed by atoms with Crippen LogP contribution >= 0.6 is 0 Å².